The van der Waals surface area contributed by atoms with Crippen molar-refractivity contribution >= 4 is 23.0 Å². The molecule has 3 N–H and O–H groups in total. The molecule has 0 saturated carbocycles. The summed E-state index contributed by atoms with van der Waals surface area (Å²) in [5.41, 5.74) is 10.4. The van der Waals surface area contributed by atoms with Crippen LogP contribution in [0.25, 0.3) is 5.00 Å². The van der Waals surface area contributed by atoms with Crippen molar-refractivity contribution < 1.29 is 9.90 Å². The quantitative estimate of drug-likeness (QED) is 0.615. The minimum absolute atomic E-state index is 0.151. The van der Waals surface area contributed by atoms with Crippen molar-refractivity contribution in [2.75, 3.05) is 6.54 Å². The predicted octanol–water partition coefficient (Wildman–Crippen LogP) is 3.13. The van der Waals surface area contributed by atoms with E-state index in [0.29, 0.717) is 18.8 Å². The standard InChI is InChI=1S/C23H23N5O2S/c1-13-14(2)31-23-20(13)21(17-9-7-16(8-10-17)6-4-5-11-24)25-18(12-19(29)30)22-27-26-15(3)28(22)23/h7-10,18H,6,11-12,24H2,1-3H3,(H,29,30). The van der Waals surface area contributed by atoms with Gasteiger partial charge in [0.2, 0.25) is 0 Å². The van der Waals surface area contributed by atoms with Gasteiger partial charge < -0.3 is 10.8 Å². The van der Waals surface area contributed by atoms with Gasteiger partial charge in [-0.15, -0.1) is 21.5 Å². The minimum atomic E-state index is -0.924. The molecule has 0 radical (unpaired) electrons. The highest BCUT2D eigenvalue weighted by Gasteiger charge is 2.32. The number of carboxylic acid groups (broad SMARTS) is 1. The van der Waals surface area contributed by atoms with Gasteiger partial charge in [0.1, 0.15) is 16.9 Å². The van der Waals surface area contributed by atoms with Crippen LogP contribution in [-0.4, -0.2) is 38.1 Å². The molecule has 1 atom stereocenters. The molecule has 158 valence electrons. The van der Waals surface area contributed by atoms with E-state index in [4.69, 9.17) is 10.7 Å². The Labute approximate surface area is 184 Å². The molecule has 3 heterocycles. The Balaban J connectivity index is 1.88. The van der Waals surface area contributed by atoms with Gasteiger partial charge in [0.15, 0.2) is 5.82 Å². The van der Waals surface area contributed by atoms with Crippen LogP contribution in [0, 0.1) is 32.6 Å². The number of thiophene rings is 1. The van der Waals surface area contributed by atoms with E-state index in [1.807, 2.05) is 35.8 Å². The number of nitrogens with zero attached hydrogens (tertiary/aromatic N) is 4. The van der Waals surface area contributed by atoms with Gasteiger partial charge in [0, 0.05) is 22.4 Å². The fourth-order valence-corrected chi connectivity index (χ4v) is 4.92. The molecule has 0 amide bonds. The number of aliphatic imine (C=N–C) groups is 1. The van der Waals surface area contributed by atoms with Gasteiger partial charge in [0.05, 0.1) is 18.7 Å². The number of benzene rings is 1. The number of aromatic nitrogens is 3. The molecule has 0 spiro atoms. The molecule has 0 saturated heterocycles. The SMILES string of the molecule is Cc1sc2c(c1C)C(c1ccc(CC#CCN)cc1)=NC(CC(=O)O)c1nnc(C)n1-2. The first-order chi connectivity index (χ1) is 14.9. The molecule has 1 aliphatic heterocycles. The second kappa shape index (κ2) is 8.46. The summed E-state index contributed by atoms with van der Waals surface area (Å²) in [6.07, 6.45) is 0.481. The Kier molecular flexibility index (Phi) is 5.72. The van der Waals surface area contributed by atoms with Crippen molar-refractivity contribution in [3.63, 3.8) is 0 Å². The first-order valence-corrected chi connectivity index (χ1v) is 10.8. The highest BCUT2D eigenvalue weighted by Crippen LogP contribution is 2.39. The fraction of sp³-hybridized carbons (Fsp3) is 0.304. The molecule has 0 bridgehead atoms. The molecule has 8 heteroatoms. The van der Waals surface area contributed by atoms with Crippen LogP contribution in [0.15, 0.2) is 29.3 Å². The van der Waals surface area contributed by atoms with Crippen molar-refractivity contribution in [2.24, 2.45) is 10.7 Å². The van der Waals surface area contributed by atoms with E-state index in [1.54, 1.807) is 11.3 Å². The summed E-state index contributed by atoms with van der Waals surface area (Å²) in [7, 11) is 0. The predicted molar refractivity (Wildman–Crippen MR) is 121 cm³/mol. The molecule has 31 heavy (non-hydrogen) atoms. The van der Waals surface area contributed by atoms with Crippen molar-refractivity contribution in [3.05, 3.63) is 63.0 Å². The number of carboxylic acids is 1. The van der Waals surface area contributed by atoms with Gasteiger partial charge in [-0.3, -0.25) is 14.4 Å². The van der Waals surface area contributed by atoms with Crippen molar-refractivity contribution in [1.29, 1.82) is 0 Å². The summed E-state index contributed by atoms with van der Waals surface area (Å²) >= 11 is 1.65. The lowest BCUT2D eigenvalue weighted by Crippen LogP contribution is -2.10. The molecular weight excluding hydrogens is 410 g/mol. The number of fused-ring (bicyclic) bond motifs is 3. The Morgan fingerprint density at radius 2 is 1.94 bits per heavy atom. The van der Waals surface area contributed by atoms with E-state index in [1.165, 1.54) is 4.88 Å². The molecule has 3 aromatic rings. The number of rotatable bonds is 4. The number of hydrogen-bond donors (Lipinski definition) is 2. The van der Waals surface area contributed by atoms with E-state index in [0.717, 1.165) is 38.8 Å². The fourth-order valence-electron chi connectivity index (χ4n) is 3.71. The summed E-state index contributed by atoms with van der Waals surface area (Å²) < 4.78 is 1.96. The third-order valence-electron chi connectivity index (χ3n) is 5.35. The van der Waals surface area contributed by atoms with Gasteiger partial charge in [0.25, 0.3) is 0 Å². The Morgan fingerprint density at radius 1 is 1.19 bits per heavy atom. The average molecular weight is 434 g/mol. The summed E-state index contributed by atoms with van der Waals surface area (Å²) in [5.74, 6) is 6.28. The van der Waals surface area contributed by atoms with Gasteiger partial charge >= 0.3 is 5.97 Å². The molecule has 4 rings (SSSR count). The first-order valence-electron chi connectivity index (χ1n) is 9.98. The molecule has 1 aromatic carbocycles. The van der Waals surface area contributed by atoms with Crippen LogP contribution >= 0.6 is 11.3 Å². The topological polar surface area (TPSA) is 106 Å². The summed E-state index contributed by atoms with van der Waals surface area (Å²) in [6.45, 7) is 6.39. The van der Waals surface area contributed by atoms with Crippen molar-refractivity contribution in [2.45, 2.75) is 39.7 Å². The van der Waals surface area contributed by atoms with Crippen LogP contribution < -0.4 is 5.73 Å². The van der Waals surface area contributed by atoms with E-state index in [9.17, 15) is 9.90 Å². The third-order valence-corrected chi connectivity index (χ3v) is 6.55. The Hall–Kier alpha value is -3.28. The van der Waals surface area contributed by atoms with Crippen LogP contribution in [0.2, 0.25) is 0 Å². The smallest absolute Gasteiger partial charge is 0.306 e. The third kappa shape index (κ3) is 3.90. The van der Waals surface area contributed by atoms with Crippen LogP contribution in [0.1, 0.15) is 51.2 Å². The molecule has 2 aromatic heterocycles. The number of carbonyl (C=O) groups is 1. The summed E-state index contributed by atoms with van der Waals surface area (Å²) in [4.78, 5) is 17.7. The number of aliphatic carboxylic acids is 1. The lowest BCUT2D eigenvalue weighted by atomic mass is 9.98. The first kappa shape index (κ1) is 21.0. The average Bonchev–Trinajstić information content (AvgIpc) is 3.21. The summed E-state index contributed by atoms with van der Waals surface area (Å²) in [5, 5.41) is 19.0. The van der Waals surface area contributed by atoms with Gasteiger partial charge in [-0.1, -0.05) is 36.1 Å². The maximum absolute atomic E-state index is 11.6. The molecule has 1 unspecified atom stereocenters. The van der Waals surface area contributed by atoms with E-state index in [2.05, 4.69) is 35.9 Å². The molecular formula is C23H23N5O2S. The minimum Gasteiger partial charge on any atom is -0.481 e. The van der Waals surface area contributed by atoms with E-state index in [-0.39, 0.29) is 6.42 Å². The van der Waals surface area contributed by atoms with Crippen molar-refractivity contribution in [1.82, 2.24) is 14.8 Å². The lowest BCUT2D eigenvalue weighted by Gasteiger charge is -2.11. The highest BCUT2D eigenvalue weighted by molar-refractivity contribution is 7.15. The number of aryl methyl sites for hydroxylation is 2. The second-order valence-electron chi connectivity index (χ2n) is 7.43. The van der Waals surface area contributed by atoms with Gasteiger partial charge in [-0.25, -0.2) is 0 Å². The van der Waals surface area contributed by atoms with Crippen LogP contribution in [0.5, 0.6) is 0 Å². The maximum Gasteiger partial charge on any atom is 0.306 e. The van der Waals surface area contributed by atoms with E-state index >= 15 is 0 Å². The Bertz CT molecular complexity index is 1240. The second-order valence-corrected chi connectivity index (χ2v) is 8.63. The maximum atomic E-state index is 11.6. The highest BCUT2D eigenvalue weighted by atomic mass is 32.1. The van der Waals surface area contributed by atoms with Gasteiger partial charge in [-0.05, 0) is 31.9 Å². The zero-order valence-corrected chi connectivity index (χ0v) is 18.5. The monoisotopic (exact) mass is 433 g/mol. The Morgan fingerprint density at radius 3 is 2.61 bits per heavy atom. The normalized spacial score (nSPS) is 14.7. The van der Waals surface area contributed by atoms with E-state index < -0.39 is 12.0 Å². The zero-order valence-electron chi connectivity index (χ0n) is 17.6. The lowest BCUT2D eigenvalue weighted by molar-refractivity contribution is -0.137. The number of hydrogen-bond acceptors (Lipinski definition) is 6. The molecule has 0 fully saturated rings. The van der Waals surface area contributed by atoms with Gasteiger partial charge in [-0.2, -0.15) is 0 Å². The van der Waals surface area contributed by atoms with Crippen LogP contribution in [0.4, 0.5) is 0 Å². The zero-order chi connectivity index (χ0) is 22.1. The van der Waals surface area contributed by atoms with Crippen LogP contribution in [0.3, 0.4) is 0 Å². The number of nitrogens with two attached hydrogens (primary N) is 1. The molecule has 1 aliphatic rings. The van der Waals surface area contributed by atoms with Crippen molar-refractivity contribution in [3.8, 4) is 16.8 Å². The van der Waals surface area contributed by atoms with Crippen LogP contribution in [-0.2, 0) is 11.2 Å². The molecule has 7 nitrogen and oxygen atoms in total. The summed E-state index contributed by atoms with van der Waals surface area (Å²) in [6, 6.07) is 7.47. The molecule has 0 aliphatic carbocycles. The largest absolute Gasteiger partial charge is 0.481 e.